The van der Waals surface area contributed by atoms with E-state index in [1.54, 1.807) is 11.1 Å². The molecule has 2 unspecified atom stereocenters. The Labute approximate surface area is 372 Å². The lowest BCUT2D eigenvalue weighted by Gasteiger charge is -2.36. The minimum absolute atomic E-state index is 0.00722. The fourth-order valence-electron chi connectivity index (χ4n) is 11.7. The van der Waals surface area contributed by atoms with Gasteiger partial charge in [0.1, 0.15) is 5.84 Å². The monoisotopic (exact) mass is 812 g/mol. The molecule has 1 aliphatic heterocycles. The van der Waals surface area contributed by atoms with E-state index in [1.165, 1.54) is 98.9 Å². The average molecular weight is 813 g/mol. The predicted molar refractivity (Wildman–Crippen MR) is 264 cm³/mol. The summed E-state index contributed by atoms with van der Waals surface area (Å²) in [6, 6.07) is 61.1. The van der Waals surface area contributed by atoms with Crippen molar-refractivity contribution in [2.45, 2.75) is 69.2 Å². The molecule has 5 aliphatic rings. The summed E-state index contributed by atoms with van der Waals surface area (Å²) in [6.45, 7) is 4.82. The second-order valence-corrected chi connectivity index (χ2v) is 19.0. The summed E-state index contributed by atoms with van der Waals surface area (Å²) in [5, 5.41) is 3.71. The van der Waals surface area contributed by atoms with Crippen LogP contribution in [0.15, 0.2) is 193 Å². The zero-order valence-electron chi connectivity index (χ0n) is 36.2. The van der Waals surface area contributed by atoms with Gasteiger partial charge in [0.05, 0.1) is 6.04 Å². The smallest absolute Gasteiger partial charge is 0.133 e. The highest BCUT2D eigenvalue weighted by Crippen LogP contribution is 2.60. The fourth-order valence-corrected chi connectivity index (χ4v) is 11.7. The number of allylic oxidation sites excluding steroid dienone is 3. The van der Waals surface area contributed by atoms with Crippen LogP contribution in [0.3, 0.4) is 0 Å². The van der Waals surface area contributed by atoms with Gasteiger partial charge < -0.3 is 5.32 Å². The highest BCUT2D eigenvalue weighted by atomic mass is 15.0. The molecule has 0 aromatic heterocycles. The Hall–Kier alpha value is -6.77. The summed E-state index contributed by atoms with van der Waals surface area (Å²) in [4.78, 5) is 5.36. The van der Waals surface area contributed by atoms with Gasteiger partial charge in [-0.15, -0.1) is 0 Å². The van der Waals surface area contributed by atoms with Crippen LogP contribution >= 0.6 is 0 Å². The van der Waals surface area contributed by atoms with Crippen molar-refractivity contribution in [3.05, 3.63) is 227 Å². The third-order valence-electron chi connectivity index (χ3n) is 15.1. The number of hydrogen-bond donors (Lipinski definition) is 1. The van der Waals surface area contributed by atoms with Crippen LogP contribution in [0.1, 0.15) is 91.3 Å². The molecule has 7 aromatic rings. The molecule has 0 saturated heterocycles. The number of aliphatic imine (C=N–C) groups is 1. The molecule has 12 rings (SSSR count). The maximum absolute atomic E-state index is 5.36. The van der Waals surface area contributed by atoms with Crippen LogP contribution in [0.25, 0.3) is 55.8 Å². The number of hydrogen-bond acceptors (Lipinski definition) is 2. The third kappa shape index (κ3) is 6.33. The van der Waals surface area contributed by atoms with Gasteiger partial charge in [-0.3, -0.25) is 4.99 Å². The van der Waals surface area contributed by atoms with E-state index < -0.39 is 0 Å². The van der Waals surface area contributed by atoms with E-state index in [4.69, 9.17) is 4.99 Å². The van der Waals surface area contributed by atoms with Crippen LogP contribution < -0.4 is 5.32 Å². The topological polar surface area (TPSA) is 24.4 Å². The first-order valence-corrected chi connectivity index (χ1v) is 23.1. The fraction of sp³-hybridized carbons (Fsp3) is 0.197. The maximum Gasteiger partial charge on any atom is 0.133 e. The second-order valence-electron chi connectivity index (χ2n) is 19.0. The van der Waals surface area contributed by atoms with Crippen LogP contribution in [-0.2, 0) is 10.8 Å². The summed E-state index contributed by atoms with van der Waals surface area (Å²) < 4.78 is 0. The third-order valence-corrected chi connectivity index (χ3v) is 15.1. The first-order chi connectivity index (χ1) is 30.9. The SMILES string of the molecule is CC1(C)c2ccccc2-c2cc3c(cc21)-c1cc(-c2ccc(C4=CC(C5C=C(c6ccc(-c7ccccc7)cc6)NC(c6ccccc6)=N5)CC=C4)cc2)ccc1C31CCCCC1. The van der Waals surface area contributed by atoms with Crippen molar-refractivity contribution in [2.24, 2.45) is 10.9 Å². The maximum atomic E-state index is 5.36. The molecule has 2 heteroatoms. The molecule has 0 radical (unpaired) electrons. The van der Waals surface area contributed by atoms with Gasteiger partial charge in [0.15, 0.2) is 0 Å². The summed E-state index contributed by atoms with van der Waals surface area (Å²) in [7, 11) is 0. The van der Waals surface area contributed by atoms with Crippen molar-refractivity contribution in [1.29, 1.82) is 0 Å². The molecule has 7 aromatic carbocycles. The Morgan fingerprint density at radius 3 is 1.83 bits per heavy atom. The molecule has 1 fully saturated rings. The Balaban J connectivity index is 0.858. The second kappa shape index (κ2) is 15.0. The largest absolute Gasteiger partial charge is 0.340 e. The Bertz CT molecular complexity index is 3030. The van der Waals surface area contributed by atoms with Crippen molar-refractivity contribution in [3.8, 4) is 44.5 Å². The van der Waals surface area contributed by atoms with E-state index in [1.807, 2.05) is 0 Å². The summed E-state index contributed by atoms with van der Waals surface area (Å²) in [6.07, 6.45) is 16.8. The highest BCUT2D eigenvalue weighted by molar-refractivity contribution is 6.05. The summed E-state index contributed by atoms with van der Waals surface area (Å²) >= 11 is 0. The van der Waals surface area contributed by atoms with Gasteiger partial charge in [0.25, 0.3) is 0 Å². The van der Waals surface area contributed by atoms with Crippen LogP contribution in [0.5, 0.6) is 0 Å². The molecule has 0 amide bonds. The molecule has 2 nitrogen and oxygen atoms in total. The van der Waals surface area contributed by atoms with Gasteiger partial charge in [0, 0.05) is 28.0 Å². The van der Waals surface area contributed by atoms with Crippen molar-refractivity contribution < 1.29 is 0 Å². The van der Waals surface area contributed by atoms with Crippen molar-refractivity contribution >= 4 is 17.1 Å². The minimum Gasteiger partial charge on any atom is -0.340 e. The number of amidine groups is 1. The van der Waals surface area contributed by atoms with Crippen LogP contribution in [0.4, 0.5) is 0 Å². The quantitative estimate of drug-likeness (QED) is 0.178. The van der Waals surface area contributed by atoms with Crippen LogP contribution in [0.2, 0.25) is 0 Å². The normalized spacial score (nSPS) is 19.8. The lowest BCUT2D eigenvalue weighted by molar-refractivity contribution is 0.353. The molecule has 63 heavy (non-hydrogen) atoms. The molecule has 4 aliphatic carbocycles. The molecular formula is C61H52N2. The highest BCUT2D eigenvalue weighted by Gasteiger charge is 2.46. The minimum atomic E-state index is -0.0176. The Morgan fingerprint density at radius 2 is 1.06 bits per heavy atom. The lowest BCUT2D eigenvalue weighted by atomic mass is 9.67. The Kier molecular flexibility index (Phi) is 9.01. The van der Waals surface area contributed by atoms with E-state index >= 15 is 0 Å². The first kappa shape index (κ1) is 37.9. The number of nitrogens with zero attached hydrogens (tertiary/aromatic N) is 1. The average Bonchev–Trinajstić information content (AvgIpc) is 3.74. The van der Waals surface area contributed by atoms with Crippen LogP contribution in [-0.4, -0.2) is 11.9 Å². The number of rotatable bonds is 6. The lowest BCUT2D eigenvalue weighted by Crippen LogP contribution is -2.32. The molecule has 2 atom stereocenters. The van der Waals surface area contributed by atoms with Gasteiger partial charge >= 0.3 is 0 Å². The molecule has 1 saturated carbocycles. The van der Waals surface area contributed by atoms with Gasteiger partial charge in [0.2, 0.25) is 0 Å². The zero-order chi connectivity index (χ0) is 42.1. The van der Waals surface area contributed by atoms with E-state index in [0.29, 0.717) is 0 Å². The number of benzene rings is 7. The van der Waals surface area contributed by atoms with Crippen molar-refractivity contribution in [3.63, 3.8) is 0 Å². The van der Waals surface area contributed by atoms with E-state index in [9.17, 15) is 0 Å². The molecule has 306 valence electrons. The van der Waals surface area contributed by atoms with Gasteiger partial charge in [-0.25, -0.2) is 0 Å². The van der Waals surface area contributed by atoms with Gasteiger partial charge in [-0.05, 0) is 127 Å². The van der Waals surface area contributed by atoms with E-state index in [0.717, 1.165) is 29.1 Å². The summed E-state index contributed by atoms with van der Waals surface area (Å²) in [5.41, 5.74) is 22.8. The van der Waals surface area contributed by atoms with Crippen molar-refractivity contribution in [1.82, 2.24) is 5.32 Å². The van der Waals surface area contributed by atoms with E-state index in [-0.39, 0.29) is 22.8 Å². The molecule has 1 spiro atoms. The Morgan fingerprint density at radius 1 is 0.476 bits per heavy atom. The number of nitrogens with one attached hydrogen (secondary N) is 1. The predicted octanol–water partition coefficient (Wildman–Crippen LogP) is 15.0. The first-order valence-electron chi connectivity index (χ1n) is 23.1. The van der Waals surface area contributed by atoms with Gasteiger partial charge in [-0.1, -0.05) is 197 Å². The summed E-state index contributed by atoms with van der Waals surface area (Å²) in [5.74, 6) is 1.15. The molecular weight excluding hydrogens is 761 g/mol. The molecule has 1 heterocycles. The van der Waals surface area contributed by atoms with Crippen LogP contribution in [0, 0.1) is 5.92 Å². The molecule has 0 bridgehead atoms. The number of fused-ring (bicyclic) bond motifs is 8. The van der Waals surface area contributed by atoms with E-state index in [2.05, 4.69) is 207 Å². The zero-order valence-corrected chi connectivity index (χ0v) is 36.2. The molecule has 1 N–H and O–H groups in total. The standard InChI is InChI=1S/C61H52N2/c1-60(2)53-22-11-10-21-49(53)51-38-56-52(37-55(51)60)50-36-47(31-32-54(50)61(56)33-12-5-13-34-61)43-25-23-42(24-26-43)46-19-14-20-48(35-46)58-39-57(62-59(63-58)45-17-8-4-9-18-45)44-29-27-41(28-30-44)40-15-6-3-7-16-40/h3-4,6-11,14-19,21-32,35-39,48,58H,5,12-13,20,33-34H2,1-2H3,(H,62,63). The van der Waals surface area contributed by atoms with Crippen molar-refractivity contribution in [2.75, 3.05) is 0 Å². The van der Waals surface area contributed by atoms with Gasteiger partial charge in [-0.2, -0.15) is 0 Å².